The number of hydrogen-bond donors (Lipinski definition) is 2. The Balaban J connectivity index is 1.14. The molecule has 13 heteroatoms. The Bertz CT molecular complexity index is 1930. The number of rotatable bonds is 11. The van der Waals surface area contributed by atoms with E-state index in [0.29, 0.717) is 39.8 Å². The lowest BCUT2D eigenvalue weighted by molar-refractivity contribution is -0.122. The molecule has 0 bridgehead atoms. The zero-order valence-corrected chi connectivity index (χ0v) is 28.6. The number of thiophene rings is 1. The smallest absolute Gasteiger partial charge is 0.246 e. The molecule has 0 aliphatic heterocycles. The summed E-state index contributed by atoms with van der Waals surface area (Å²) in [7, 11) is 1.57. The highest BCUT2D eigenvalue weighted by molar-refractivity contribution is 9.10. The number of hydrogen-bond acceptors (Lipinski definition) is 6. The van der Waals surface area contributed by atoms with Gasteiger partial charge in [0.05, 0.1) is 29.4 Å². The van der Waals surface area contributed by atoms with Gasteiger partial charge in [-0.3, -0.25) is 18.8 Å². The summed E-state index contributed by atoms with van der Waals surface area (Å²) in [4.78, 5) is 44.5. The Morgan fingerprint density at radius 3 is 2.61 bits per heavy atom. The van der Waals surface area contributed by atoms with Crippen LogP contribution in [0.2, 0.25) is 10.0 Å². The zero-order chi connectivity index (χ0) is 32.8. The number of pyridine rings is 1. The number of nitrogens with one attached hydrogen (secondary N) is 2. The van der Waals surface area contributed by atoms with E-state index in [4.69, 9.17) is 27.9 Å². The molecule has 2 aromatic carbocycles. The van der Waals surface area contributed by atoms with Gasteiger partial charge < -0.3 is 20.3 Å². The molecule has 5 aromatic rings. The molecule has 9 nitrogen and oxygen atoms in total. The summed E-state index contributed by atoms with van der Waals surface area (Å²) in [6.45, 7) is 1.68. The Hall–Kier alpha value is -4.16. The van der Waals surface area contributed by atoms with E-state index in [0.717, 1.165) is 20.7 Å². The lowest BCUT2D eigenvalue weighted by Gasteiger charge is -2.21. The van der Waals surface area contributed by atoms with E-state index in [2.05, 4.69) is 31.5 Å². The fourth-order valence-electron chi connectivity index (χ4n) is 4.47. The number of likely N-dealkylation sites (N-methyl/N-ethyl adjacent to an activating group) is 1. The highest BCUT2D eigenvalue weighted by Gasteiger charge is 2.20. The number of imidazole rings is 1. The van der Waals surface area contributed by atoms with Crippen molar-refractivity contribution in [3.05, 3.63) is 115 Å². The SMILES string of the molecule is Cc1nc2c(OCc3c(Cl)ccc(N(C)C(=O)CNC(=O)/C=C/c4ccc(NC(=O)Cc5cccs5)cc4)c3Cl)cccn2c1Br. The van der Waals surface area contributed by atoms with Gasteiger partial charge in [-0.05, 0) is 82.3 Å². The van der Waals surface area contributed by atoms with Crippen LogP contribution in [-0.4, -0.2) is 40.7 Å². The van der Waals surface area contributed by atoms with Crippen LogP contribution in [0.5, 0.6) is 5.75 Å². The molecule has 0 saturated heterocycles. The van der Waals surface area contributed by atoms with E-state index >= 15 is 0 Å². The predicted octanol–water partition coefficient (Wildman–Crippen LogP) is 7.33. The number of benzene rings is 2. The van der Waals surface area contributed by atoms with Gasteiger partial charge in [-0.25, -0.2) is 4.98 Å². The molecule has 46 heavy (non-hydrogen) atoms. The van der Waals surface area contributed by atoms with Crippen LogP contribution in [0.3, 0.4) is 0 Å². The lowest BCUT2D eigenvalue weighted by Crippen LogP contribution is -2.37. The summed E-state index contributed by atoms with van der Waals surface area (Å²) < 4.78 is 8.75. The number of aromatic nitrogens is 2. The maximum atomic E-state index is 13.0. The third-order valence-electron chi connectivity index (χ3n) is 6.94. The van der Waals surface area contributed by atoms with Crippen molar-refractivity contribution in [3.63, 3.8) is 0 Å². The van der Waals surface area contributed by atoms with Crippen molar-refractivity contribution in [2.45, 2.75) is 20.0 Å². The van der Waals surface area contributed by atoms with E-state index in [1.807, 2.05) is 41.1 Å². The third kappa shape index (κ3) is 7.97. The molecule has 0 aliphatic rings. The van der Waals surface area contributed by atoms with Crippen molar-refractivity contribution in [1.82, 2.24) is 14.7 Å². The molecule has 0 unspecified atom stereocenters. The number of halogens is 3. The Labute approximate surface area is 287 Å². The second-order valence-electron chi connectivity index (χ2n) is 10.1. The summed E-state index contributed by atoms with van der Waals surface area (Å²) in [6, 6.07) is 17.8. The minimum absolute atomic E-state index is 0.0424. The van der Waals surface area contributed by atoms with Gasteiger partial charge in [0.1, 0.15) is 11.2 Å². The Morgan fingerprint density at radius 1 is 1.09 bits per heavy atom. The molecule has 0 fully saturated rings. The minimum atomic E-state index is -0.443. The average Bonchev–Trinajstić information content (AvgIpc) is 3.66. The Kier molecular flexibility index (Phi) is 10.8. The third-order valence-corrected chi connectivity index (χ3v) is 9.55. The largest absolute Gasteiger partial charge is 0.485 e. The predicted molar refractivity (Wildman–Crippen MR) is 187 cm³/mol. The number of carbonyl (C=O) groups is 3. The first-order valence-electron chi connectivity index (χ1n) is 14.0. The van der Waals surface area contributed by atoms with Crippen molar-refractivity contribution >= 4 is 91.3 Å². The normalized spacial score (nSPS) is 11.2. The molecule has 3 aromatic heterocycles. The van der Waals surface area contributed by atoms with E-state index < -0.39 is 5.91 Å². The topological polar surface area (TPSA) is 105 Å². The minimum Gasteiger partial charge on any atom is -0.485 e. The van der Waals surface area contributed by atoms with Crippen LogP contribution in [0.4, 0.5) is 11.4 Å². The van der Waals surface area contributed by atoms with Crippen LogP contribution in [0, 0.1) is 6.92 Å². The summed E-state index contributed by atoms with van der Waals surface area (Å²) in [5, 5.41) is 8.03. The first-order valence-corrected chi connectivity index (χ1v) is 16.4. The molecule has 2 N–H and O–H groups in total. The molecule has 0 aliphatic carbocycles. The van der Waals surface area contributed by atoms with Crippen molar-refractivity contribution in [2.24, 2.45) is 0 Å². The number of aryl methyl sites for hydroxylation is 1. The lowest BCUT2D eigenvalue weighted by atomic mass is 10.2. The van der Waals surface area contributed by atoms with E-state index in [9.17, 15) is 14.4 Å². The molecule has 0 atom stereocenters. The van der Waals surface area contributed by atoms with E-state index in [-0.39, 0.29) is 30.0 Å². The maximum absolute atomic E-state index is 13.0. The number of nitrogens with zero attached hydrogens (tertiary/aromatic N) is 3. The highest BCUT2D eigenvalue weighted by Crippen LogP contribution is 2.35. The van der Waals surface area contributed by atoms with Crippen LogP contribution in [-0.2, 0) is 27.4 Å². The molecular weight excluding hydrogens is 713 g/mol. The average molecular weight is 741 g/mol. The highest BCUT2D eigenvalue weighted by atomic mass is 79.9. The molecule has 3 amide bonds. The van der Waals surface area contributed by atoms with Crippen molar-refractivity contribution < 1.29 is 19.1 Å². The second-order valence-corrected chi connectivity index (χ2v) is 12.7. The van der Waals surface area contributed by atoms with Crippen molar-refractivity contribution in [3.8, 4) is 5.75 Å². The molecule has 0 spiro atoms. The molecular formula is C33H28BrCl2N5O4S. The summed E-state index contributed by atoms with van der Waals surface area (Å²) >= 11 is 18.2. The summed E-state index contributed by atoms with van der Waals surface area (Å²) in [6.07, 6.45) is 5.14. The molecule has 5 rings (SSSR count). The zero-order valence-electron chi connectivity index (χ0n) is 24.7. The van der Waals surface area contributed by atoms with Gasteiger partial charge in [0.15, 0.2) is 11.4 Å². The number of carbonyl (C=O) groups excluding carboxylic acids is 3. The fourth-order valence-corrected chi connectivity index (χ4v) is 6.15. The van der Waals surface area contributed by atoms with Crippen LogP contribution < -0.4 is 20.3 Å². The first kappa shape index (κ1) is 33.2. The monoisotopic (exact) mass is 739 g/mol. The fraction of sp³-hybridized carbons (Fsp3) is 0.152. The van der Waals surface area contributed by atoms with Gasteiger partial charge in [0, 0.05) is 40.5 Å². The van der Waals surface area contributed by atoms with Gasteiger partial charge in [-0.15, -0.1) is 11.3 Å². The molecule has 0 saturated carbocycles. The molecule has 3 heterocycles. The number of amides is 3. The van der Waals surface area contributed by atoms with Crippen LogP contribution in [0.25, 0.3) is 11.7 Å². The van der Waals surface area contributed by atoms with Crippen molar-refractivity contribution in [1.29, 1.82) is 0 Å². The molecule has 0 radical (unpaired) electrons. The number of ether oxygens (including phenoxy) is 1. The molecule has 236 valence electrons. The first-order chi connectivity index (χ1) is 22.1. The summed E-state index contributed by atoms with van der Waals surface area (Å²) in [5.74, 6) is -0.387. The summed E-state index contributed by atoms with van der Waals surface area (Å²) in [5.41, 5.74) is 3.79. The second kappa shape index (κ2) is 15.0. The van der Waals surface area contributed by atoms with E-state index in [1.165, 1.54) is 22.3 Å². The van der Waals surface area contributed by atoms with Gasteiger partial charge in [-0.1, -0.05) is 41.4 Å². The van der Waals surface area contributed by atoms with Crippen LogP contribution in [0.1, 0.15) is 21.7 Å². The van der Waals surface area contributed by atoms with Crippen molar-refractivity contribution in [2.75, 3.05) is 23.8 Å². The van der Waals surface area contributed by atoms with Gasteiger partial charge in [0.25, 0.3) is 0 Å². The number of anilines is 2. The number of fused-ring (bicyclic) bond motifs is 1. The Morgan fingerprint density at radius 2 is 1.87 bits per heavy atom. The van der Waals surface area contributed by atoms with Gasteiger partial charge >= 0.3 is 0 Å². The van der Waals surface area contributed by atoms with Crippen LogP contribution >= 0.6 is 50.5 Å². The van der Waals surface area contributed by atoms with Gasteiger partial charge in [0.2, 0.25) is 17.7 Å². The van der Waals surface area contributed by atoms with E-state index in [1.54, 1.807) is 55.6 Å². The maximum Gasteiger partial charge on any atom is 0.246 e. The van der Waals surface area contributed by atoms with Gasteiger partial charge in [-0.2, -0.15) is 0 Å². The quantitative estimate of drug-likeness (QED) is 0.138. The van der Waals surface area contributed by atoms with Crippen LogP contribution in [0.15, 0.2) is 82.9 Å². The standard InChI is InChI=1S/C33H28BrCl2N5O4S/c1-20-32(34)41-15-3-6-27(33(41)38-20)45-19-24-25(35)12-13-26(31(24)36)40(2)30(44)18-37-28(42)14-9-21-7-10-22(11-8-21)39-29(43)17-23-5-4-16-46-23/h3-16H,17-19H2,1-2H3,(H,37,42)(H,39,43)/b14-9+.